The molecule has 0 aliphatic heterocycles. The zero-order valence-electron chi connectivity index (χ0n) is 16.0. The van der Waals surface area contributed by atoms with Crippen molar-refractivity contribution >= 4 is 22.2 Å². The Hall–Kier alpha value is -2.22. The zero-order chi connectivity index (χ0) is 19.4. The van der Waals surface area contributed by atoms with E-state index in [2.05, 4.69) is 22.4 Å². The molecule has 0 atom stereocenters. The van der Waals surface area contributed by atoms with Gasteiger partial charge in [0.25, 0.3) is 5.91 Å². The van der Waals surface area contributed by atoms with E-state index in [1.807, 2.05) is 55.1 Å². The Kier molecular flexibility index (Phi) is 5.94. The SMILES string of the molecule is CN(CCc1ccccc1)C(=O)c1nc2sccn2c1CNC(C)(C)CO. The molecule has 6 nitrogen and oxygen atoms in total. The number of likely N-dealkylation sites (N-methyl/N-ethyl adjacent to an activating group) is 1. The van der Waals surface area contributed by atoms with Crippen LogP contribution in [0.25, 0.3) is 4.96 Å². The Morgan fingerprint density at radius 3 is 2.78 bits per heavy atom. The van der Waals surface area contributed by atoms with Crippen LogP contribution in [0.1, 0.15) is 35.6 Å². The van der Waals surface area contributed by atoms with Crippen LogP contribution >= 0.6 is 11.3 Å². The summed E-state index contributed by atoms with van der Waals surface area (Å²) in [6.45, 7) is 4.94. The quantitative estimate of drug-likeness (QED) is 0.624. The van der Waals surface area contributed by atoms with E-state index in [1.165, 1.54) is 16.9 Å². The third kappa shape index (κ3) is 4.55. The molecule has 2 heterocycles. The summed E-state index contributed by atoms with van der Waals surface area (Å²) in [5.41, 5.74) is 2.07. The Bertz CT molecular complexity index is 901. The summed E-state index contributed by atoms with van der Waals surface area (Å²) in [6, 6.07) is 10.1. The van der Waals surface area contributed by atoms with Crippen molar-refractivity contribution < 1.29 is 9.90 Å². The van der Waals surface area contributed by atoms with Crippen LogP contribution in [-0.2, 0) is 13.0 Å². The molecule has 0 bridgehead atoms. The molecule has 0 aliphatic rings. The first-order valence-electron chi connectivity index (χ1n) is 9.01. The molecule has 0 unspecified atom stereocenters. The number of aromatic nitrogens is 2. The van der Waals surface area contributed by atoms with Crippen LogP contribution < -0.4 is 5.32 Å². The van der Waals surface area contributed by atoms with Gasteiger partial charge in [0.1, 0.15) is 0 Å². The standard InChI is InChI=1S/C20H26N4O2S/c1-20(2,14-25)21-13-16-17(22-19-24(16)11-12-27-19)18(26)23(3)10-9-15-7-5-4-6-8-15/h4-8,11-12,21,25H,9-10,13-14H2,1-3H3. The topological polar surface area (TPSA) is 69.9 Å². The summed E-state index contributed by atoms with van der Waals surface area (Å²) in [6.07, 6.45) is 2.73. The van der Waals surface area contributed by atoms with Crippen LogP contribution in [0, 0.1) is 0 Å². The second-order valence-electron chi connectivity index (χ2n) is 7.32. The number of hydrogen-bond donors (Lipinski definition) is 2. The highest BCUT2D eigenvalue weighted by Crippen LogP contribution is 2.20. The van der Waals surface area contributed by atoms with Gasteiger partial charge in [-0.25, -0.2) is 4.98 Å². The van der Waals surface area contributed by atoms with E-state index in [0.717, 1.165) is 17.1 Å². The van der Waals surface area contributed by atoms with E-state index in [-0.39, 0.29) is 12.5 Å². The van der Waals surface area contributed by atoms with Gasteiger partial charge in [-0.05, 0) is 25.8 Å². The van der Waals surface area contributed by atoms with E-state index >= 15 is 0 Å². The van der Waals surface area contributed by atoms with Gasteiger partial charge in [0, 0.05) is 37.3 Å². The minimum atomic E-state index is -0.431. The van der Waals surface area contributed by atoms with Crippen molar-refractivity contribution in [2.24, 2.45) is 0 Å². The van der Waals surface area contributed by atoms with Crippen LogP contribution in [-0.4, -0.2) is 51.0 Å². The number of imidazole rings is 1. The second kappa shape index (κ2) is 8.21. The van der Waals surface area contributed by atoms with Gasteiger partial charge in [-0.15, -0.1) is 11.3 Å². The molecule has 0 saturated carbocycles. The number of amides is 1. The van der Waals surface area contributed by atoms with Crippen LogP contribution in [0.3, 0.4) is 0 Å². The first-order chi connectivity index (χ1) is 12.9. The minimum Gasteiger partial charge on any atom is -0.394 e. The maximum atomic E-state index is 13.0. The fourth-order valence-electron chi connectivity index (χ4n) is 2.78. The minimum absolute atomic E-state index is 0.0127. The number of aliphatic hydroxyl groups excluding tert-OH is 1. The fourth-order valence-corrected chi connectivity index (χ4v) is 3.51. The lowest BCUT2D eigenvalue weighted by molar-refractivity contribution is 0.0789. The molecule has 1 amide bonds. The highest BCUT2D eigenvalue weighted by atomic mass is 32.1. The van der Waals surface area contributed by atoms with Crippen molar-refractivity contribution in [1.29, 1.82) is 0 Å². The first-order valence-corrected chi connectivity index (χ1v) is 9.89. The molecule has 27 heavy (non-hydrogen) atoms. The number of benzene rings is 1. The number of aliphatic hydroxyl groups is 1. The molecule has 0 aliphatic carbocycles. The van der Waals surface area contributed by atoms with Gasteiger partial charge < -0.3 is 15.3 Å². The number of rotatable bonds is 8. The van der Waals surface area contributed by atoms with Crippen LogP contribution in [0.4, 0.5) is 0 Å². The molecule has 2 aromatic heterocycles. The number of carbonyl (C=O) groups is 1. The average Bonchev–Trinajstić information content (AvgIpc) is 3.26. The molecule has 1 aromatic carbocycles. The maximum Gasteiger partial charge on any atom is 0.274 e. The van der Waals surface area contributed by atoms with Gasteiger partial charge in [0.2, 0.25) is 0 Å². The van der Waals surface area contributed by atoms with Gasteiger partial charge >= 0.3 is 0 Å². The lowest BCUT2D eigenvalue weighted by Crippen LogP contribution is -2.42. The van der Waals surface area contributed by atoms with Crippen molar-refractivity contribution in [3.63, 3.8) is 0 Å². The van der Waals surface area contributed by atoms with Crippen molar-refractivity contribution in [2.75, 3.05) is 20.2 Å². The summed E-state index contributed by atoms with van der Waals surface area (Å²) in [5, 5.41) is 14.7. The van der Waals surface area contributed by atoms with Gasteiger partial charge in [-0.2, -0.15) is 0 Å². The smallest absolute Gasteiger partial charge is 0.274 e. The van der Waals surface area contributed by atoms with Gasteiger partial charge in [0.05, 0.1) is 12.3 Å². The molecule has 7 heteroatoms. The van der Waals surface area contributed by atoms with E-state index in [0.29, 0.717) is 18.8 Å². The molecule has 144 valence electrons. The van der Waals surface area contributed by atoms with Crippen LogP contribution in [0.15, 0.2) is 41.9 Å². The number of hydrogen-bond acceptors (Lipinski definition) is 5. The summed E-state index contributed by atoms with van der Waals surface area (Å²) in [7, 11) is 1.81. The molecular formula is C20H26N4O2S. The monoisotopic (exact) mass is 386 g/mol. The second-order valence-corrected chi connectivity index (χ2v) is 8.19. The van der Waals surface area contributed by atoms with Crippen molar-refractivity contribution in [1.82, 2.24) is 19.6 Å². The molecule has 2 N–H and O–H groups in total. The van der Waals surface area contributed by atoms with Crippen molar-refractivity contribution in [3.8, 4) is 0 Å². The van der Waals surface area contributed by atoms with E-state index in [1.54, 1.807) is 4.90 Å². The summed E-state index contributed by atoms with van der Waals surface area (Å²) < 4.78 is 1.95. The molecule has 3 rings (SSSR count). The van der Waals surface area contributed by atoms with E-state index in [4.69, 9.17) is 0 Å². The average molecular weight is 387 g/mol. The number of nitrogens with zero attached hydrogens (tertiary/aromatic N) is 3. The van der Waals surface area contributed by atoms with Crippen LogP contribution in [0.5, 0.6) is 0 Å². The summed E-state index contributed by atoms with van der Waals surface area (Å²) in [4.78, 5) is 20.1. The Morgan fingerprint density at radius 1 is 1.33 bits per heavy atom. The number of thiazole rings is 1. The Labute approximate surface area is 163 Å². The molecule has 0 fully saturated rings. The highest BCUT2D eigenvalue weighted by Gasteiger charge is 2.24. The number of fused-ring (bicyclic) bond motifs is 1. The van der Waals surface area contributed by atoms with Gasteiger partial charge in [-0.3, -0.25) is 9.20 Å². The van der Waals surface area contributed by atoms with Crippen LogP contribution in [0.2, 0.25) is 0 Å². The lowest BCUT2D eigenvalue weighted by Gasteiger charge is -2.24. The molecule has 0 radical (unpaired) electrons. The predicted octanol–water partition coefficient (Wildman–Crippen LogP) is 2.57. The molecule has 0 spiro atoms. The van der Waals surface area contributed by atoms with Crippen molar-refractivity contribution in [3.05, 3.63) is 58.9 Å². The highest BCUT2D eigenvalue weighted by molar-refractivity contribution is 7.15. The Morgan fingerprint density at radius 2 is 2.07 bits per heavy atom. The van der Waals surface area contributed by atoms with E-state index < -0.39 is 5.54 Å². The number of nitrogens with one attached hydrogen (secondary N) is 1. The third-order valence-corrected chi connectivity index (χ3v) is 5.38. The van der Waals surface area contributed by atoms with Gasteiger partial charge in [0.15, 0.2) is 10.7 Å². The first kappa shape index (κ1) is 19.5. The molecular weight excluding hydrogens is 360 g/mol. The van der Waals surface area contributed by atoms with Gasteiger partial charge in [-0.1, -0.05) is 30.3 Å². The zero-order valence-corrected chi connectivity index (χ0v) is 16.8. The largest absolute Gasteiger partial charge is 0.394 e. The summed E-state index contributed by atoms with van der Waals surface area (Å²) >= 11 is 1.50. The van der Waals surface area contributed by atoms with E-state index in [9.17, 15) is 9.90 Å². The lowest BCUT2D eigenvalue weighted by atomic mass is 10.1. The number of carbonyl (C=O) groups excluding carboxylic acids is 1. The van der Waals surface area contributed by atoms with Crippen molar-refractivity contribution in [2.45, 2.75) is 32.4 Å². The fraction of sp³-hybridized carbons (Fsp3) is 0.400. The normalized spacial score (nSPS) is 11.9. The Balaban J connectivity index is 1.77. The molecule has 3 aromatic rings. The summed E-state index contributed by atoms with van der Waals surface area (Å²) in [5.74, 6) is -0.0829. The molecule has 0 saturated heterocycles. The maximum absolute atomic E-state index is 13.0. The third-order valence-electron chi connectivity index (χ3n) is 4.62. The predicted molar refractivity (Wildman–Crippen MR) is 108 cm³/mol.